The van der Waals surface area contributed by atoms with Gasteiger partial charge in [0, 0.05) is 44.4 Å². The fourth-order valence-corrected chi connectivity index (χ4v) is 6.50. The molecule has 0 bridgehead atoms. The Hall–Kier alpha value is -6.24. The Morgan fingerprint density at radius 3 is 1.33 bits per heavy atom. The fourth-order valence-electron chi connectivity index (χ4n) is 6.07. The Balaban J connectivity index is 0.000000211. The molecule has 6 aromatic carbocycles. The van der Waals surface area contributed by atoms with E-state index in [-0.39, 0.29) is 44.7 Å². The lowest BCUT2D eigenvalue weighted by Crippen LogP contribution is -2.15. The fraction of sp³-hybridized carbons (Fsp3) is 0.0732. The number of nitrogens with two attached hydrogens (primary N) is 2. The van der Waals surface area contributed by atoms with Crippen molar-refractivity contribution in [3.8, 4) is 56.0 Å². The Morgan fingerprint density at radius 2 is 0.964 bits per heavy atom. The molecular formula is C41H32Cl2F4N4O4. The molecule has 0 spiro atoms. The minimum atomic E-state index is -0.766. The second kappa shape index (κ2) is 16.8. The van der Waals surface area contributed by atoms with Crippen LogP contribution in [0.5, 0.6) is 11.5 Å². The van der Waals surface area contributed by atoms with Gasteiger partial charge in [0.15, 0.2) is 11.7 Å². The van der Waals surface area contributed by atoms with Crippen molar-refractivity contribution in [2.24, 2.45) is 21.8 Å². The molecule has 7 N–H and O–H groups in total. The molecule has 8 nitrogen and oxygen atoms in total. The van der Waals surface area contributed by atoms with Gasteiger partial charge in [-0.05, 0) is 131 Å². The maximum atomic E-state index is 13.9. The molecule has 0 amide bonds. The number of benzene rings is 6. The largest absolute Gasteiger partial charge is 0.508 e. The highest BCUT2D eigenvalue weighted by Crippen LogP contribution is 2.41. The molecule has 0 saturated carbocycles. The summed E-state index contributed by atoms with van der Waals surface area (Å²) in [4.78, 5) is 0. The third-order valence-corrected chi connectivity index (χ3v) is 8.93. The summed E-state index contributed by atoms with van der Waals surface area (Å²) in [6.45, 7) is 3.59. The quantitative estimate of drug-likeness (QED) is 0.0358. The second-order valence-corrected chi connectivity index (χ2v) is 13.1. The summed E-state index contributed by atoms with van der Waals surface area (Å²) in [6.07, 6.45) is 0. The highest BCUT2D eigenvalue weighted by Gasteiger charge is 2.21. The van der Waals surface area contributed by atoms with Crippen LogP contribution in [-0.4, -0.2) is 34.3 Å². The predicted molar refractivity (Wildman–Crippen MR) is 207 cm³/mol. The molecule has 0 aromatic heterocycles. The summed E-state index contributed by atoms with van der Waals surface area (Å²) in [5, 5.41) is 34.8. The summed E-state index contributed by atoms with van der Waals surface area (Å²) in [7, 11) is 1.57. The van der Waals surface area contributed by atoms with Crippen LogP contribution < -0.4 is 16.2 Å². The zero-order valence-electron chi connectivity index (χ0n) is 29.3. The SMILES string of the molecule is COc1ccc(-c2cc(Cl)cc(C(N)=NO)c2-c2cc(F)cc(F)c2)cc1C.Cc1cc(-c2cc(Cl)cc(C(N)=NO)c2-c2cc(F)cc(F)c2)ccc1O. The number of phenols is 1. The van der Waals surface area contributed by atoms with Crippen LogP contribution >= 0.6 is 23.2 Å². The molecule has 0 atom stereocenters. The number of amidine groups is 2. The van der Waals surface area contributed by atoms with Crippen LogP contribution in [0.15, 0.2) is 107 Å². The van der Waals surface area contributed by atoms with Crippen LogP contribution in [-0.2, 0) is 0 Å². The zero-order chi connectivity index (χ0) is 40.1. The lowest BCUT2D eigenvalue weighted by Gasteiger charge is -2.17. The molecule has 282 valence electrons. The van der Waals surface area contributed by atoms with Crippen LogP contribution in [0.25, 0.3) is 44.5 Å². The Morgan fingerprint density at radius 1 is 0.564 bits per heavy atom. The van der Waals surface area contributed by atoms with E-state index in [4.69, 9.17) is 44.6 Å². The first-order chi connectivity index (χ1) is 26.1. The van der Waals surface area contributed by atoms with Crippen molar-refractivity contribution >= 4 is 34.9 Å². The highest BCUT2D eigenvalue weighted by atomic mass is 35.5. The summed E-state index contributed by atoms with van der Waals surface area (Å²) in [5.41, 5.74) is 17.2. The van der Waals surface area contributed by atoms with E-state index in [0.717, 1.165) is 35.4 Å². The molecule has 0 aliphatic heterocycles. The van der Waals surface area contributed by atoms with E-state index < -0.39 is 23.3 Å². The van der Waals surface area contributed by atoms with E-state index in [1.54, 1.807) is 50.4 Å². The van der Waals surface area contributed by atoms with Gasteiger partial charge in [-0.25, -0.2) is 17.6 Å². The molecule has 0 unspecified atom stereocenters. The summed E-state index contributed by atoms with van der Waals surface area (Å²) >= 11 is 12.5. The number of methoxy groups -OCH3 is 1. The number of halogens is 6. The number of oxime groups is 2. The first-order valence-corrected chi connectivity index (χ1v) is 16.9. The van der Waals surface area contributed by atoms with Gasteiger partial charge in [-0.1, -0.05) is 45.6 Å². The number of phenolic OH excluding ortho intramolecular Hbond substituents is 1. The van der Waals surface area contributed by atoms with Gasteiger partial charge in [0.1, 0.15) is 34.8 Å². The second-order valence-electron chi connectivity index (χ2n) is 12.2. The van der Waals surface area contributed by atoms with Crippen LogP contribution in [0.3, 0.4) is 0 Å². The molecule has 0 fully saturated rings. The van der Waals surface area contributed by atoms with Gasteiger partial charge in [0.25, 0.3) is 0 Å². The van der Waals surface area contributed by atoms with Crippen molar-refractivity contribution < 1.29 is 37.8 Å². The average Bonchev–Trinajstić information content (AvgIpc) is 3.13. The summed E-state index contributed by atoms with van der Waals surface area (Å²) < 4.78 is 60.8. The van der Waals surface area contributed by atoms with E-state index in [9.17, 15) is 27.9 Å². The van der Waals surface area contributed by atoms with Crippen molar-refractivity contribution in [3.63, 3.8) is 0 Å². The maximum Gasteiger partial charge on any atom is 0.170 e. The maximum absolute atomic E-state index is 13.9. The lowest BCUT2D eigenvalue weighted by atomic mass is 9.89. The first-order valence-electron chi connectivity index (χ1n) is 16.1. The Labute approximate surface area is 323 Å². The number of ether oxygens (including phenoxy) is 1. The number of nitrogens with zero attached hydrogens (tertiary/aromatic N) is 2. The first kappa shape index (κ1) is 40.0. The molecular weight excluding hydrogens is 759 g/mol. The number of aromatic hydroxyl groups is 1. The van der Waals surface area contributed by atoms with Crippen LogP contribution in [0, 0.1) is 37.1 Å². The smallest absolute Gasteiger partial charge is 0.170 e. The molecule has 0 radical (unpaired) electrons. The van der Waals surface area contributed by atoms with E-state index in [0.29, 0.717) is 44.2 Å². The van der Waals surface area contributed by atoms with Gasteiger partial charge in [-0.15, -0.1) is 0 Å². The molecule has 14 heteroatoms. The molecule has 6 rings (SSSR count). The monoisotopic (exact) mass is 790 g/mol. The van der Waals surface area contributed by atoms with Crippen LogP contribution in [0.2, 0.25) is 10.0 Å². The highest BCUT2D eigenvalue weighted by molar-refractivity contribution is 6.32. The molecule has 0 saturated heterocycles. The van der Waals surface area contributed by atoms with Gasteiger partial charge in [-0.3, -0.25) is 0 Å². The minimum absolute atomic E-state index is 0.107. The topological polar surface area (TPSA) is 147 Å². The third-order valence-electron chi connectivity index (χ3n) is 8.49. The summed E-state index contributed by atoms with van der Waals surface area (Å²) in [6, 6.07) is 22.7. The minimum Gasteiger partial charge on any atom is -0.508 e. The molecule has 6 aromatic rings. The van der Waals surface area contributed by atoms with Crippen molar-refractivity contribution in [2.75, 3.05) is 7.11 Å². The van der Waals surface area contributed by atoms with Crippen LogP contribution in [0.4, 0.5) is 17.6 Å². The number of hydrogen-bond donors (Lipinski definition) is 5. The van der Waals surface area contributed by atoms with Gasteiger partial charge in [0.2, 0.25) is 0 Å². The Kier molecular flexibility index (Phi) is 12.2. The third kappa shape index (κ3) is 8.94. The van der Waals surface area contributed by atoms with Gasteiger partial charge >= 0.3 is 0 Å². The van der Waals surface area contributed by atoms with Crippen molar-refractivity contribution in [2.45, 2.75) is 13.8 Å². The normalized spacial score (nSPS) is 11.6. The van der Waals surface area contributed by atoms with E-state index in [2.05, 4.69) is 10.3 Å². The number of rotatable bonds is 7. The lowest BCUT2D eigenvalue weighted by molar-refractivity contribution is 0.318. The van der Waals surface area contributed by atoms with Crippen molar-refractivity contribution in [1.82, 2.24) is 0 Å². The molecule has 0 aliphatic carbocycles. The van der Waals surface area contributed by atoms with Crippen LogP contribution in [0.1, 0.15) is 22.3 Å². The zero-order valence-corrected chi connectivity index (χ0v) is 30.8. The van der Waals surface area contributed by atoms with Crippen molar-refractivity contribution in [3.05, 3.63) is 153 Å². The van der Waals surface area contributed by atoms with Gasteiger partial charge in [-0.2, -0.15) is 0 Å². The standard InChI is InChI=1S/C21H17ClF2N2O2.C20H15ClF2N2O2/c1-11-5-12(3-4-19(11)28-2)17-8-14(22)9-18(21(25)26-27)20(17)13-6-15(23)10-16(24)7-13;1-10-4-11(2-3-18(10)26)16-7-13(21)8-17(20(24)25-27)19(16)12-5-14(22)9-15(23)6-12/h3-10,27H,1-2H3,(H2,25,26);2-9,26-27H,1H3,(H2,24,25). The Bertz CT molecular complexity index is 2450. The number of aryl methyl sites for hydroxylation is 2. The van der Waals surface area contributed by atoms with E-state index in [1.165, 1.54) is 30.3 Å². The van der Waals surface area contributed by atoms with Gasteiger partial charge < -0.3 is 31.7 Å². The van der Waals surface area contributed by atoms with E-state index in [1.807, 2.05) is 13.0 Å². The van der Waals surface area contributed by atoms with Crippen molar-refractivity contribution in [1.29, 1.82) is 0 Å². The predicted octanol–water partition coefficient (Wildman–Crippen LogP) is 10.4. The average molecular weight is 792 g/mol. The van der Waals surface area contributed by atoms with Gasteiger partial charge in [0.05, 0.1) is 7.11 Å². The summed E-state index contributed by atoms with van der Waals surface area (Å²) in [5.74, 6) is -2.70. The molecule has 55 heavy (non-hydrogen) atoms. The molecule has 0 aliphatic rings. The number of hydrogen-bond acceptors (Lipinski definition) is 6. The molecule has 0 heterocycles. The van der Waals surface area contributed by atoms with E-state index >= 15 is 0 Å².